The van der Waals surface area contributed by atoms with Crippen molar-refractivity contribution in [2.24, 2.45) is 0 Å². The summed E-state index contributed by atoms with van der Waals surface area (Å²) in [4.78, 5) is 6.51. The van der Waals surface area contributed by atoms with Crippen molar-refractivity contribution >= 4 is 11.6 Å². The summed E-state index contributed by atoms with van der Waals surface area (Å²) in [5, 5.41) is 23.1. The van der Waals surface area contributed by atoms with E-state index in [2.05, 4.69) is 21.3 Å². The number of nitriles is 1. The molecule has 9 heteroatoms. The van der Waals surface area contributed by atoms with Crippen molar-refractivity contribution in [3.05, 3.63) is 112 Å². The molecule has 6 rings (SSSR count). The SMILES string of the molecule is N#Cc1cncc(COc2cc(O[C@H]3CCc4c(-c5ccccc5F)cccc43)c(Cl)cc2CNCCN2CCCCC2CO)c1. The molecule has 0 bridgehead atoms. The van der Waals surface area contributed by atoms with Crippen LogP contribution in [0.4, 0.5) is 4.39 Å². The van der Waals surface area contributed by atoms with Crippen LogP contribution in [0.1, 0.15) is 59.6 Å². The van der Waals surface area contributed by atoms with E-state index in [0.29, 0.717) is 34.2 Å². The van der Waals surface area contributed by atoms with E-state index in [1.165, 1.54) is 12.3 Å². The van der Waals surface area contributed by atoms with E-state index in [1.807, 2.05) is 42.5 Å². The molecular weight excluding hydrogens is 603 g/mol. The van der Waals surface area contributed by atoms with Crippen LogP contribution in [0.3, 0.4) is 0 Å². The molecule has 4 aromatic rings. The zero-order chi connectivity index (χ0) is 31.9. The van der Waals surface area contributed by atoms with Gasteiger partial charge in [-0.25, -0.2) is 4.39 Å². The highest BCUT2D eigenvalue weighted by Gasteiger charge is 2.28. The maximum Gasteiger partial charge on any atom is 0.142 e. The van der Waals surface area contributed by atoms with Gasteiger partial charge < -0.3 is 19.9 Å². The van der Waals surface area contributed by atoms with Crippen molar-refractivity contribution < 1.29 is 19.0 Å². The number of pyridine rings is 1. The van der Waals surface area contributed by atoms with Crippen LogP contribution in [0.25, 0.3) is 11.1 Å². The van der Waals surface area contributed by atoms with Gasteiger partial charge in [-0.2, -0.15) is 5.26 Å². The quantitative estimate of drug-likeness (QED) is 0.161. The van der Waals surface area contributed by atoms with Crippen molar-refractivity contribution in [3.63, 3.8) is 0 Å². The first-order valence-corrected chi connectivity index (χ1v) is 16.3. The number of rotatable bonds is 12. The first kappa shape index (κ1) is 32.0. The Morgan fingerprint density at radius 1 is 1.04 bits per heavy atom. The number of piperidine rings is 1. The average molecular weight is 641 g/mol. The maximum absolute atomic E-state index is 14.7. The molecular formula is C37H38ClFN4O3. The van der Waals surface area contributed by atoms with E-state index in [-0.39, 0.29) is 31.2 Å². The maximum atomic E-state index is 14.7. The minimum atomic E-state index is -0.242. The average Bonchev–Trinajstić information content (AvgIpc) is 3.50. The highest BCUT2D eigenvalue weighted by atomic mass is 35.5. The minimum Gasteiger partial charge on any atom is -0.488 e. The molecule has 0 amide bonds. The van der Waals surface area contributed by atoms with Crippen LogP contribution >= 0.6 is 11.6 Å². The lowest BCUT2D eigenvalue weighted by Gasteiger charge is -2.34. The molecule has 0 spiro atoms. The summed E-state index contributed by atoms with van der Waals surface area (Å²) in [6.45, 7) is 3.54. The Labute approximate surface area is 274 Å². The summed E-state index contributed by atoms with van der Waals surface area (Å²) in [7, 11) is 0. The summed E-state index contributed by atoms with van der Waals surface area (Å²) in [6, 6.07) is 20.6. The highest BCUT2D eigenvalue weighted by Crippen LogP contribution is 2.43. The Hall–Kier alpha value is -4.00. The van der Waals surface area contributed by atoms with Crippen molar-refractivity contribution in [3.8, 4) is 28.7 Å². The smallest absolute Gasteiger partial charge is 0.142 e. The van der Waals surface area contributed by atoms with E-state index in [9.17, 15) is 14.8 Å². The number of ether oxygens (including phenoxy) is 2. The number of fused-ring (bicyclic) bond motifs is 1. The summed E-state index contributed by atoms with van der Waals surface area (Å²) in [6.07, 6.45) is 7.83. The third kappa shape index (κ3) is 7.35. The Morgan fingerprint density at radius 2 is 1.91 bits per heavy atom. The van der Waals surface area contributed by atoms with Crippen LogP contribution in [0.2, 0.25) is 5.02 Å². The standard InChI is InChI=1S/C37H38ClFN4O3/c38-33-17-27(22-41-13-15-43-14-4-3-6-28(43)23-44)36(45-24-26-16-25(19-40)20-42-21-26)18-37(33)46-35-12-11-30-29(8-5-9-32(30)35)31-7-1-2-10-34(31)39/h1-2,5,7-10,16-18,20-21,28,35,41,44H,3-4,6,11-15,22-24H2/t28?,35-/m0/s1. The first-order chi connectivity index (χ1) is 22.5. The zero-order valence-corrected chi connectivity index (χ0v) is 26.5. The Morgan fingerprint density at radius 3 is 2.76 bits per heavy atom. The lowest BCUT2D eigenvalue weighted by atomic mass is 9.96. The molecule has 0 radical (unpaired) electrons. The van der Waals surface area contributed by atoms with Crippen molar-refractivity contribution in [2.75, 3.05) is 26.2 Å². The predicted molar refractivity (Wildman–Crippen MR) is 176 cm³/mol. The second-order valence-electron chi connectivity index (χ2n) is 11.9. The third-order valence-electron chi connectivity index (χ3n) is 8.93. The van der Waals surface area contributed by atoms with Crippen LogP contribution in [-0.4, -0.2) is 47.3 Å². The molecule has 2 N–H and O–H groups in total. The van der Waals surface area contributed by atoms with Gasteiger partial charge in [-0.05, 0) is 67.1 Å². The number of aromatic nitrogens is 1. The van der Waals surface area contributed by atoms with Gasteiger partial charge in [-0.3, -0.25) is 9.88 Å². The van der Waals surface area contributed by atoms with Crippen LogP contribution in [0.15, 0.2) is 73.1 Å². The highest BCUT2D eigenvalue weighted by molar-refractivity contribution is 6.32. The molecule has 0 saturated carbocycles. The fourth-order valence-electron chi connectivity index (χ4n) is 6.56. The van der Waals surface area contributed by atoms with Crippen LogP contribution in [0.5, 0.6) is 11.5 Å². The number of nitrogens with zero attached hydrogens (tertiary/aromatic N) is 3. The molecule has 1 aromatic heterocycles. The number of aliphatic hydroxyl groups excluding tert-OH is 1. The largest absolute Gasteiger partial charge is 0.488 e. The van der Waals surface area contributed by atoms with Gasteiger partial charge in [0.1, 0.15) is 36.1 Å². The molecule has 2 atom stereocenters. The van der Waals surface area contributed by atoms with Crippen molar-refractivity contribution in [2.45, 2.75) is 57.4 Å². The van der Waals surface area contributed by atoms with Crippen molar-refractivity contribution in [1.82, 2.24) is 15.2 Å². The van der Waals surface area contributed by atoms with E-state index < -0.39 is 0 Å². The number of hydrogen-bond donors (Lipinski definition) is 2. The van der Waals surface area contributed by atoms with Crippen molar-refractivity contribution in [1.29, 1.82) is 5.26 Å². The van der Waals surface area contributed by atoms with Gasteiger partial charge in [0, 0.05) is 60.8 Å². The second-order valence-corrected chi connectivity index (χ2v) is 12.3. The topological polar surface area (TPSA) is 90.6 Å². The van der Waals surface area contributed by atoms with Crippen LogP contribution < -0.4 is 14.8 Å². The number of aliphatic hydroxyl groups is 1. The summed E-state index contributed by atoms with van der Waals surface area (Å²) >= 11 is 6.84. The minimum absolute atomic E-state index is 0.187. The molecule has 2 aliphatic rings. The van der Waals surface area contributed by atoms with Crippen LogP contribution in [0, 0.1) is 17.1 Å². The summed E-state index contributed by atoms with van der Waals surface area (Å²) in [5.74, 6) is 0.894. The van der Waals surface area contributed by atoms with E-state index in [4.69, 9.17) is 21.1 Å². The molecule has 1 fully saturated rings. The molecule has 238 valence electrons. The Balaban J connectivity index is 1.21. The third-order valence-corrected chi connectivity index (χ3v) is 9.23. The van der Waals surface area contributed by atoms with Gasteiger partial charge in [0.2, 0.25) is 0 Å². The molecule has 1 saturated heterocycles. The fraction of sp³-hybridized carbons (Fsp3) is 0.351. The Bertz CT molecular complexity index is 1710. The monoisotopic (exact) mass is 640 g/mol. The van der Waals surface area contributed by atoms with E-state index >= 15 is 0 Å². The second kappa shape index (κ2) is 15.1. The predicted octanol–water partition coefficient (Wildman–Crippen LogP) is 6.99. The van der Waals surface area contributed by atoms with E-state index in [1.54, 1.807) is 18.3 Å². The molecule has 1 unspecified atom stereocenters. The molecule has 1 aliphatic carbocycles. The lowest BCUT2D eigenvalue weighted by Crippen LogP contribution is -2.44. The summed E-state index contributed by atoms with van der Waals surface area (Å²) in [5.41, 5.74) is 5.73. The fourth-order valence-corrected chi connectivity index (χ4v) is 6.79. The molecule has 3 aromatic carbocycles. The number of halogens is 2. The van der Waals surface area contributed by atoms with E-state index in [0.717, 1.165) is 79.6 Å². The number of benzene rings is 3. The zero-order valence-electron chi connectivity index (χ0n) is 25.7. The van der Waals surface area contributed by atoms with Gasteiger partial charge in [0.25, 0.3) is 0 Å². The summed E-state index contributed by atoms with van der Waals surface area (Å²) < 4.78 is 27.6. The van der Waals surface area contributed by atoms with Gasteiger partial charge in [-0.15, -0.1) is 0 Å². The lowest BCUT2D eigenvalue weighted by molar-refractivity contribution is 0.0910. The van der Waals surface area contributed by atoms with Gasteiger partial charge in [0.15, 0.2) is 0 Å². The molecule has 1 aliphatic heterocycles. The van der Waals surface area contributed by atoms with Gasteiger partial charge in [0.05, 0.1) is 17.2 Å². The van der Waals surface area contributed by atoms with Crippen LogP contribution in [-0.2, 0) is 19.6 Å². The normalized spacial score (nSPS) is 17.8. The molecule has 46 heavy (non-hydrogen) atoms. The molecule has 2 heterocycles. The van der Waals surface area contributed by atoms with Gasteiger partial charge in [-0.1, -0.05) is 54.4 Å². The number of nitrogens with one attached hydrogen (secondary N) is 1. The number of hydrogen-bond acceptors (Lipinski definition) is 7. The van der Waals surface area contributed by atoms with Gasteiger partial charge >= 0.3 is 0 Å². The molecule has 7 nitrogen and oxygen atoms in total. The Kier molecular flexibility index (Phi) is 10.5. The first-order valence-electron chi connectivity index (χ1n) is 15.9. The number of likely N-dealkylation sites (tertiary alicyclic amines) is 1.